The molecule has 0 aromatic heterocycles. The summed E-state index contributed by atoms with van der Waals surface area (Å²) < 4.78 is 49.5. The van der Waals surface area contributed by atoms with Gasteiger partial charge in [0, 0.05) is 39.3 Å². The van der Waals surface area contributed by atoms with Gasteiger partial charge >= 0.3 is 6.18 Å². The van der Waals surface area contributed by atoms with Gasteiger partial charge in [-0.3, -0.25) is 9.89 Å². The molecule has 1 aliphatic heterocycles. The molecule has 1 unspecified atom stereocenters. The zero-order chi connectivity index (χ0) is 21.4. The van der Waals surface area contributed by atoms with Gasteiger partial charge in [-0.2, -0.15) is 13.2 Å². The van der Waals surface area contributed by atoms with E-state index in [9.17, 15) is 13.2 Å². The van der Waals surface area contributed by atoms with Crippen LogP contribution in [0, 0.1) is 0 Å². The molecule has 0 bridgehead atoms. The lowest BCUT2D eigenvalue weighted by atomic mass is 10.1. The maximum Gasteiger partial charge on any atom is 0.403 e. The Labute approximate surface area is 170 Å². The van der Waals surface area contributed by atoms with E-state index in [1.54, 1.807) is 14.2 Å². The molecule has 1 aromatic rings. The molecule has 1 atom stereocenters. The molecule has 0 amide bonds. The number of halogens is 3. The molecule has 1 fully saturated rings. The fourth-order valence-corrected chi connectivity index (χ4v) is 3.31. The third kappa shape index (κ3) is 6.42. The van der Waals surface area contributed by atoms with Crippen LogP contribution in [0.4, 0.5) is 13.2 Å². The van der Waals surface area contributed by atoms with Gasteiger partial charge in [0.05, 0.1) is 14.2 Å². The van der Waals surface area contributed by atoms with E-state index in [4.69, 9.17) is 9.47 Å². The number of hydrogen-bond acceptors (Lipinski definition) is 4. The number of nitrogens with one attached hydrogen (secondary N) is 1. The van der Waals surface area contributed by atoms with Crippen molar-refractivity contribution in [1.82, 2.24) is 15.1 Å². The minimum absolute atomic E-state index is 0.356. The summed E-state index contributed by atoms with van der Waals surface area (Å²) in [6, 6.07) is 4.21. The van der Waals surface area contributed by atoms with Crippen molar-refractivity contribution >= 4 is 5.96 Å². The van der Waals surface area contributed by atoms with Crippen LogP contribution >= 0.6 is 0 Å². The monoisotopic (exact) mass is 416 g/mol. The number of alkyl halides is 3. The van der Waals surface area contributed by atoms with Gasteiger partial charge in [0.2, 0.25) is 0 Å². The summed E-state index contributed by atoms with van der Waals surface area (Å²) in [5, 5.41) is 3.24. The highest BCUT2D eigenvalue weighted by Gasteiger charge is 2.41. The number of ether oxygens (including phenoxy) is 2. The Hall–Kier alpha value is -2.16. The van der Waals surface area contributed by atoms with E-state index >= 15 is 0 Å². The second-order valence-corrected chi connectivity index (χ2v) is 6.90. The predicted molar refractivity (Wildman–Crippen MR) is 108 cm³/mol. The van der Waals surface area contributed by atoms with Crippen molar-refractivity contribution in [2.45, 2.75) is 32.5 Å². The van der Waals surface area contributed by atoms with E-state index < -0.39 is 12.2 Å². The van der Waals surface area contributed by atoms with Gasteiger partial charge in [0.25, 0.3) is 0 Å². The van der Waals surface area contributed by atoms with Gasteiger partial charge < -0.3 is 19.7 Å². The predicted octanol–water partition coefficient (Wildman–Crippen LogP) is 2.78. The van der Waals surface area contributed by atoms with E-state index in [-0.39, 0.29) is 0 Å². The number of piperazine rings is 1. The molecule has 0 aliphatic carbocycles. The number of aliphatic imine (C=N–C) groups is 1. The van der Waals surface area contributed by atoms with Crippen LogP contribution in [0.2, 0.25) is 0 Å². The van der Waals surface area contributed by atoms with Gasteiger partial charge in [0.15, 0.2) is 5.96 Å². The van der Waals surface area contributed by atoms with Crippen LogP contribution < -0.4 is 14.8 Å². The summed E-state index contributed by atoms with van der Waals surface area (Å²) in [7, 11) is 3.24. The van der Waals surface area contributed by atoms with Crippen LogP contribution in [-0.2, 0) is 6.42 Å². The standard InChI is InChI=1S/C20H31F3N4O2/c1-5-24-19(27-12-10-26(11-13-27)15(2)20(21,22)23)25-9-8-16-14-17(28-3)6-7-18(16)29-4/h6-7,14-15H,5,8-13H2,1-4H3,(H,24,25). The Morgan fingerprint density at radius 2 is 1.86 bits per heavy atom. The van der Waals surface area contributed by atoms with Gasteiger partial charge in [0.1, 0.15) is 17.5 Å². The highest BCUT2D eigenvalue weighted by Crippen LogP contribution is 2.26. The number of rotatable bonds is 7. The molecule has 29 heavy (non-hydrogen) atoms. The van der Waals surface area contributed by atoms with E-state index in [2.05, 4.69) is 10.3 Å². The van der Waals surface area contributed by atoms with Crippen molar-refractivity contribution < 1.29 is 22.6 Å². The summed E-state index contributed by atoms with van der Waals surface area (Å²) in [4.78, 5) is 8.17. The van der Waals surface area contributed by atoms with Crippen LogP contribution in [0.15, 0.2) is 23.2 Å². The normalized spacial score (nSPS) is 17.2. The Morgan fingerprint density at radius 1 is 1.17 bits per heavy atom. The third-order valence-corrected chi connectivity index (χ3v) is 5.10. The van der Waals surface area contributed by atoms with E-state index in [1.165, 1.54) is 11.8 Å². The zero-order valence-corrected chi connectivity index (χ0v) is 17.6. The van der Waals surface area contributed by atoms with Crippen molar-refractivity contribution in [3.63, 3.8) is 0 Å². The second-order valence-electron chi connectivity index (χ2n) is 6.90. The van der Waals surface area contributed by atoms with Crippen LogP contribution in [-0.4, -0.2) is 81.5 Å². The minimum Gasteiger partial charge on any atom is -0.497 e. The molecular weight excluding hydrogens is 385 g/mol. The van der Waals surface area contributed by atoms with Crippen LogP contribution in [0.5, 0.6) is 11.5 Å². The number of guanidine groups is 1. The fraction of sp³-hybridized carbons (Fsp3) is 0.650. The summed E-state index contributed by atoms with van der Waals surface area (Å²) >= 11 is 0. The Balaban J connectivity index is 1.99. The molecule has 0 radical (unpaired) electrons. The first-order chi connectivity index (χ1) is 13.8. The van der Waals surface area contributed by atoms with Gasteiger partial charge in [-0.1, -0.05) is 0 Å². The molecule has 0 saturated carbocycles. The topological polar surface area (TPSA) is 49.3 Å². The fourth-order valence-electron chi connectivity index (χ4n) is 3.31. The molecule has 0 spiro atoms. The third-order valence-electron chi connectivity index (χ3n) is 5.10. The Morgan fingerprint density at radius 3 is 2.41 bits per heavy atom. The molecule has 1 aromatic carbocycles. The lowest BCUT2D eigenvalue weighted by Gasteiger charge is -2.39. The van der Waals surface area contributed by atoms with E-state index in [0.717, 1.165) is 23.0 Å². The summed E-state index contributed by atoms with van der Waals surface area (Å²) in [6.07, 6.45) is -3.53. The maximum atomic E-state index is 12.9. The Kier molecular flexibility index (Phi) is 8.43. The van der Waals surface area contributed by atoms with Crippen molar-refractivity contribution in [2.24, 2.45) is 4.99 Å². The maximum absolute atomic E-state index is 12.9. The number of methoxy groups -OCH3 is 2. The zero-order valence-electron chi connectivity index (χ0n) is 17.6. The first-order valence-electron chi connectivity index (χ1n) is 9.85. The minimum atomic E-state index is -4.20. The molecular formula is C20H31F3N4O2. The molecule has 1 N–H and O–H groups in total. The van der Waals surface area contributed by atoms with Crippen molar-refractivity contribution in [1.29, 1.82) is 0 Å². The largest absolute Gasteiger partial charge is 0.497 e. The van der Waals surface area contributed by atoms with E-state index in [0.29, 0.717) is 45.7 Å². The molecule has 9 heteroatoms. The molecule has 6 nitrogen and oxygen atoms in total. The molecule has 1 aliphatic rings. The average molecular weight is 416 g/mol. The number of hydrogen-bond donors (Lipinski definition) is 1. The Bertz CT molecular complexity index is 674. The first kappa shape index (κ1) is 23.1. The summed E-state index contributed by atoms with van der Waals surface area (Å²) in [5.41, 5.74) is 0.996. The molecule has 1 saturated heterocycles. The van der Waals surface area contributed by atoms with Crippen LogP contribution in [0.25, 0.3) is 0 Å². The molecule has 1 heterocycles. The number of benzene rings is 1. The second kappa shape index (κ2) is 10.6. The van der Waals surface area contributed by atoms with E-state index in [1.807, 2.05) is 30.0 Å². The lowest BCUT2D eigenvalue weighted by molar-refractivity contribution is -0.181. The lowest BCUT2D eigenvalue weighted by Crippen LogP contribution is -2.56. The first-order valence-corrected chi connectivity index (χ1v) is 9.85. The van der Waals surface area contributed by atoms with Crippen molar-refractivity contribution in [2.75, 3.05) is 53.5 Å². The molecule has 164 valence electrons. The smallest absolute Gasteiger partial charge is 0.403 e. The summed E-state index contributed by atoms with van der Waals surface area (Å²) in [5.74, 6) is 2.26. The highest BCUT2D eigenvalue weighted by atomic mass is 19.4. The van der Waals surface area contributed by atoms with Gasteiger partial charge in [-0.15, -0.1) is 0 Å². The SMILES string of the molecule is CCNC(=NCCc1cc(OC)ccc1OC)N1CCN(C(C)C(F)(F)F)CC1. The van der Waals surface area contributed by atoms with Crippen LogP contribution in [0.1, 0.15) is 19.4 Å². The van der Waals surface area contributed by atoms with Gasteiger partial charge in [-0.05, 0) is 44.0 Å². The summed E-state index contributed by atoms with van der Waals surface area (Å²) in [6.45, 7) is 6.15. The van der Waals surface area contributed by atoms with Crippen molar-refractivity contribution in [3.05, 3.63) is 23.8 Å². The molecule has 2 rings (SSSR count). The quantitative estimate of drug-likeness (QED) is 0.547. The van der Waals surface area contributed by atoms with Gasteiger partial charge in [-0.25, -0.2) is 0 Å². The number of nitrogens with zero attached hydrogens (tertiary/aromatic N) is 3. The highest BCUT2D eigenvalue weighted by molar-refractivity contribution is 5.80. The van der Waals surface area contributed by atoms with Crippen LogP contribution in [0.3, 0.4) is 0 Å². The average Bonchev–Trinajstić information content (AvgIpc) is 2.72. The van der Waals surface area contributed by atoms with Crippen molar-refractivity contribution in [3.8, 4) is 11.5 Å².